The summed E-state index contributed by atoms with van der Waals surface area (Å²) < 4.78 is 5.63. The Kier molecular flexibility index (Phi) is 4.12. The first kappa shape index (κ1) is 15.3. The minimum Gasteiger partial charge on any atom is -0.434 e. The van der Waals surface area contributed by atoms with E-state index in [1.54, 1.807) is 24.3 Å². The molecule has 112 valence electrons. The van der Waals surface area contributed by atoms with Crippen molar-refractivity contribution >= 4 is 46.9 Å². The Hall–Kier alpha value is -1.57. The number of halogens is 2. The lowest BCUT2D eigenvalue weighted by atomic mass is 9.79. The van der Waals surface area contributed by atoms with E-state index in [4.69, 9.17) is 27.6 Å². The molecular formula is C14H10BCl2NO4. The number of nitrogens with zero attached hydrogens (tertiary/aromatic N) is 1. The van der Waals surface area contributed by atoms with Crippen molar-refractivity contribution in [2.75, 3.05) is 0 Å². The number of hydrogen-bond acceptors (Lipinski definition) is 5. The summed E-state index contributed by atoms with van der Waals surface area (Å²) in [6.07, 6.45) is 0. The predicted octanol–water partition coefficient (Wildman–Crippen LogP) is 1.97. The molecule has 22 heavy (non-hydrogen) atoms. The first-order valence-electron chi connectivity index (χ1n) is 6.36. The second-order valence-electron chi connectivity index (χ2n) is 4.69. The van der Waals surface area contributed by atoms with Crippen LogP contribution in [0.5, 0.6) is 0 Å². The SMILES string of the molecule is OCc1cc(Cl)c2oc(-c3cccc(B(O)O)c3Cl)nc2c1. The maximum Gasteiger partial charge on any atom is 0.489 e. The lowest BCUT2D eigenvalue weighted by Gasteiger charge is -2.05. The van der Waals surface area contributed by atoms with Crippen LogP contribution in [0.15, 0.2) is 34.7 Å². The molecule has 0 radical (unpaired) electrons. The number of benzene rings is 2. The molecular weight excluding hydrogens is 328 g/mol. The molecule has 0 amide bonds. The molecule has 0 saturated heterocycles. The van der Waals surface area contributed by atoms with E-state index in [0.29, 0.717) is 27.2 Å². The highest BCUT2D eigenvalue weighted by molar-refractivity contribution is 6.63. The van der Waals surface area contributed by atoms with Crippen LogP contribution in [0.3, 0.4) is 0 Å². The van der Waals surface area contributed by atoms with Gasteiger partial charge in [0.2, 0.25) is 5.89 Å². The summed E-state index contributed by atoms with van der Waals surface area (Å²) in [6, 6.07) is 8.02. The van der Waals surface area contributed by atoms with E-state index in [-0.39, 0.29) is 23.0 Å². The minimum absolute atomic E-state index is 0.141. The number of aliphatic hydroxyl groups excluding tert-OH is 1. The summed E-state index contributed by atoms with van der Waals surface area (Å²) in [5.74, 6) is 0.208. The van der Waals surface area contributed by atoms with Gasteiger partial charge in [0.1, 0.15) is 5.52 Å². The summed E-state index contributed by atoms with van der Waals surface area (Å²) in [6.45, 7) is -0.162. The molecule has 1 aromatic heterocycles. The molecule has 0 aliphatic rings. The highest BCUT2D eigenvalue weighted by Gasteiger charge is 2.21. The van der Waals surface area contributed by atoms with Crippen LogP contribution in [0.2, 0.25) is 10.0 Å². The van der Waals surface area contributed by atoms with Crippen molar-refractivity contribution in [2.45, 2.75) is 6.61 Å². The molecule has 0 aliphatic carbocycles. The zero-order valence-corrected chi connectivity index (χ0v) is 12.6. The lowest BCUT2D eigenvalue weighted by Crippen LogP contribution is -2.30. The van der Waals surface area contributed by atoms with E-state index in [9.17, 15) is 15.2 Å². The highest BCUT2D eigenvalue weighted by atomic mass is 35.5. The molecule has 0 unspecified atom stereocenters. The van der Waals surface area contributed by atoms with Gasteiger partial charge in [-0.3, -0.25) is 0 Å². The van der Waals surface area contributed by atoms with E-state index in [2.05, 4.69) is 4.98 Å². The molecule has 5 nitrogen and oxygen atoms in total. The van der Waals surface area contributed by atoms with Crippen LogP contribution in [0.25, 0.3) is 22.6 Å². The van der Waals surface area contributed by atoms with Crippen LogP contribution in [0, 0.1) is 0 Å². The van der Waals surface area contributed by atoms with Crippen LogP contribution < -0.4 is 5.46 Å². The standard InChI is InChI=1S/C14H10BCl2NO4/c16-10-4-7(6-19)5-11-13(10)22-14(18-11)8-2-1-3-9(12(8)17)15(20)21/h1-5,19-21H,6H2. The molecule has 0 bridgehead atoms. The zero-order valence-electron chi connectivity index (χ0n) is 11.1. The molecule has 2 aromatic carbocycles. The Morgan fingerprint density at radius 1 is 1.18 bits per heavy atom. The molecule has 0 atom stereocenters. The largest absolute Gasteiger partial charge is 0.489 e. The van der Waals surface area contributed by atoms with Gasteiger partial charge in [0.05, 0.1) is 22.2 Å². The smallest absolute Gasteiger partial charge is 0.434 e. The third kappa shape index (κ3) is 2.60. The van der Waals surface area contributed by atoms with Gasteiger partial charge in [-0.2, -0.15) is 0 Å². The number of fused-ring (bicyclic) bond motifs is 1. The summed E-state index contributed by atoms with van der Waals surface area (Å²) in [4.78, 5) is 4.30. The third-order valence-electron chi connectivity index (χ3n) is 3.22. The topological polar surface area (TPSA) is 86.7 Å². The zero-order chi connectivity index (χ0) is 15.9. The van der Waals surface area contributed by atoms with Crippen LogP contribution in [-0.2, 0) is 6.61 Å². The second kappa shape index (κ2) is 5.91. The van der Waals surface area contributed by atoms with Gasteiger partial charge < -0.3 is 19.6 Å². The van der Waals surface area contributed by atoms with Gasteiger partial charge in [0.15, 0.2) is 5.58 Å². The van der Waals surface area contributed by atoms with Crippen LogP contribution in [-0.4, -0.2) is 27.3 Å². The average molecular weight is 338 g/mol. The van der Waals surface area contributed by atoms with Gasteiger partial charge in [-0.05, 0) is 23.8 Å². The second-order valence-corrected chi connectivity index (χ2v) is 5.47. The molecule has 0 fully saturated rings. The van der Waals surface area contributed by atoms with Crippen molar-refractivity contribution in [1.29, 1.82) is 0 Å². The fraction of sp³-hybridized carbons (Fsp3) is 0.0714. The van der Waals surface area contributed by atoms with E-state index in [0.717, 1.165) is 0 Å². The summed E-state index contributed by atoms with van der Waals surface area (Å²) >= 11 is 12.3. The molecule has 8 heteroatoms. The molecule has 0 spiro atoms. The number of oxazole rings is 1. The van der Waals surface area contributed by atoms with Crippen molar-refractivity contribution < 1.29 is 19.6 Å². The van der Waals surface area contributed by atoms with E-state index >= 15 is 0 Å². The molecule has 3 aromatic rings. The third-order valence-corrected chi connectivity index (χ3v) is 3.93. The summed E-state index contributed by atoms with van der Waals surface area (Å²) in [5, 5.41) is 28.3. The van der Waals surface area contributed by atoms with Crippen molar-refractivity contribution in [1.82, 2.24) is 4.98 Å². The van der Waals surface area contributed by atoms with Crippen molar-refractivity contribution in [3.63, 3.8) is 0 Å². The Morgan fingerprint density at radius 2 is 1.95 bits per heavy atom. The Labute approximate surface area is 135 Å². The first-order valence-corrected chi connectivity index (χ1v) is 7.11. The van der Waals surface area contributed by atoms with Crippen molar-refractivity contribution in [3.8, 4) is 11.5 Å². The highest BCUT2D eigenvalue weighted by Crippen LogP contribution is 2.33. The minimum atomic E-state index is -1.69. The van der Waals surface area contributed by atoms with Gasteiger partial charge in [-0.1, -0.05) is 35.3 Å². The fourth-order valence-electron chi connectivity index (χ4n) is 2.17. The van der Waals surface area contributed by atoms with Gasteiger partial charge in [0, 0.05) is 5.46 Å². The molecule has 0 saturated carbocycles. The first-order chi connectivity index (χ1) is 10.5. The van der Waals surface area contributed by atoms with Gasteiger partial charge in [-0.25, -0.2) is 4.98 Å². The number of aliphatic hydroxyl groups is 1. The number of hydrogen-bond donors (Lipinski definition) is 3. The maximum absolute atomic E-state index is 9.30. The number of aromatic nitrogens is 1. The average Bonchev–Trinajstić information content (AvgIpc) is 2.91. The fourth-order valence-corrected chi connectivity index (χ4v) is 2.75. The summed E-state index contributed by atoms with van der Waals surface area (Å²) in [7, 11) is -1.69. The van der Waals surface area contributed by atoms with Gasteiger partial charge in [-0.15, -0.1) is 0 Å². The molecule has 3 rings (SSSR count). The Morgan fingerprint density at radius 3 is 2.64 bits per heavy atom. The van der Waals surface area contributed by atoms with Crippen LogP contribution >= 0.6 is 23.2 Å². The van der Waals surface area contributed by atoms with Crippen molar-refractivity contribution in [2.24, 2.45) is 0 Å². The van der Waals surface area contributed by atoms with Crippen LogP contribution in [0.4, 0.5) is 0 Å². The Bertz CT molecular complexity index is 850. The van der Waals surface area contributed by atoms with E-state index < -0.39 is 7.12 Å². The molecule has 0 aliphatic heterocycles. The Balaban J connectivity index is 2.19. The number of rotatable bonds is 3. The molecule has 3 N–H and O–H groups in total. The van der Waals surface area contributed by atoms with Gasteiger partial charge >= 0.3 is 7.12 Å². The van der Waals surface area contributed by atoms with Crippen LogP contribution in [0.1, 0.15) is 5.56 Å². The van der Waals surface area contributed by atoms with Crippen molar-refractivity contribution in [3.05, 3.63) is 45.9 Å². The lowest BCUT2D eigenvalue weighted by molar-refractivity contribution is 0.282. The molecule has 1 heterocycles. The van der Waals surface area contributed by atoms with Gasteiger partial charge in [0.25, 0.3) is 0 Å². The van der Waals surface area contributed by atoms with E-state index in [1.165, 1.54) is 6.07 Å². The van der Waals surface area contributed by atoms with E-state index in [1.807, 2.05) is 0 Å². The maximum atomic E-state index is 9.30. The predicted molar refractivity (Wildman–Crippen MR) is 85.2 cm³/mol. The quantitative estimate of drug-likeness (QED) is 0.636. The summed E-state index contributed by atoms with van der Waals surface area (Å²) in [5.41, 5.74) is 2.05. The normalized spacial score (nSPS) is 11.1. The monoisotopic (exact) mass is 337 g/mol.